The molecule has 2 aliphatic rings. The van der Waals surface area contributed by atoms with Crippen molar-refractivity contribution in [2.75, 3.05) is 37.9 Å². The van der Waals surface area contributed by atoms with Crippen molar-refractivity contribution >= 4 is 68.7 Å². The number of aliphatic carboxylic acids is 2. The van der Waals surface area contributed by atoms with Crippen molar-refractivity contribution < 1.29 is 62.8 Å². The van der Waals surface area contributed by atoms with Crippen molar-refractivity contribution in [2.45, 2.75) is 94.3 Å². The van der Waals surface area contributed by atoms with E-state index in [1.54, 1.807) is 0 Å². The highest BCUT2D eigenvalue weighted by Gasteiger charge is 2.35. The number of alkyl carbamates (subject to hydrolysis) is 1. The third-order valence-electron chi connectivity index (χ3n) is 11.2. The van der Waals surface area contributed by atoms with Crippen molar-refractivity contribution in [3.05, 3.63) is 59.7 Å². The number of Topliss-reactive ketones (excluding diaryl/α,β-unsaturated/α-hetero) is 1. The van der Waals surface area contributed by atoms with Gasteiger partial charge in [-0.25, -0.2) is 4.79 Å². The first-order valence-electron chi connectivity index (χ1n) is 21.8. The second-order valence-corrected chi connectivity index (χ2v) is 18.3. The van der Waals surface area contributed by atoms with Gasteiger partial charge >= 0.3 is 18.0 Å². The van der Waals surface area contributed by atoms with E-state index >= 15 is 0 Å². The molecule has 362 valence electrons. The van der Waals surface area contributed by atoms with Crippen LogP contribution in [-0.2, 0) is 47.8 Å². The number of carboxylic acids is 2. The lowest BCUT2D eigenvalue weighted by Crippen LogP contribution is -2.58. The van der Waals surface area contributed by atoms with Gasteiger partial charge in [0.05, 0.1) is 12.5 Å². The van der Waals surface area contributed by atoms with Crippen molar-refractivity contribution in [1.29, 1.82) is 5.26 Å². The van der Waals surface area contributed by atoms with Crippen LogP contribution in [0, 0.1) is 17.2 Å². The molecule has 1 aliphatic carbocycles. The highest BCUT2D eigenvalue weighted by molar-refractivity contribution is 8.17. The predicted molar refractivity (Wildman–Crippen MR) is 244 cm³/mol. The monoisotopic (exact) mass is 950 g/mol. The minimum Gasteiger partial charge on any atom is -0.481 e. The summed E-state index contributed by atoms with van der Waals surface area (Å²) >= 11 is 0. The molecule has 2 unspecified atom stereocenters. The molecule has 2 aromatic rings. The van der Waals surface area contributed by atoms with Gasteiger partial charge in [-0.15, -0.1) is 0 Å². The van der Waals surface area contributed by atoms with Crippen LogP contribution in [0.1, 0.15) is 81.3 Å². The number of fused-ring (bicyclic) bond motifs is 3. The van der Waals surface area contributed by atoms with E-state index in [2.05, 4.69) is 21.3 Å². The molecule has 1 heterocycles. The molecule has 22 heteroatoms. The Labute approximate surface area is 389 Å². The molecule has 4 rings (SSSR count). The maximum Gasteiger partial charge on any atom is 0.407 e. The van der Waals surface area contributed by atoms with E-state index in [1.807, 2.05) is 54.6 Å². The van der Waals surface area contributed by atoms with Gasteiger partial charge in [0, 0.05) is 25.4 Å². The average molecular weight is 951 g/mol. The van der Waals surface area contributed by atoms with Crippen molar-refractivity contribution in [3.63, 3.8) is 0 Å². The van der Waals surface area contributed by atoms with Gasteiger partial charge in [-0.2, -0.15) is 15.7 Å². The number of ketones is 1. The number of carbonyl (C=O) groups excluding carboxylic acids is 7. The van der Waals surface area contributed by atoms with Crippen molar-refractivity contribution in [2.24, 2.45) is 23.1 Å². The number of nitrogens with two attached hydrogens (primary N) is 3. The van der Waals surface area contributed by atoms with Crippen LogP contribution < -0.4 is 38.5 Å². The van der Waals surface area contributed by atoms with E-state index in [0.29, 0.717) is 30.8 Å². The second kappa shape index (κ2) is 26.4. The van der Waals surface area contributed by atoms with Crippen LogP contribution in [-0.4, -0.2) is 130 Å². The molecule has 12 N–H and O–H groups in total. The number of unbranched alkanes of at least 4 members (excludes halogenated alkanes) is 1. The lowest BCUT2D eigenvalue weighted by Gasteiger charge is -2.26. The smallest absolute Gasteiger partial charge is 0.407 e. The molecule has 67 heavy (non-hydrogen) atoms. The number of benzene rings is 2. The Kier molecular flexibility index (Phi) is 20.9. The third-order valence-corrected chi connectivity index (χ3v) is 13.7. The van der Waals surface area contributed by atoms with Gasteiger partial charge in [0.15, 0.2) is 0 Å². The number of nitrogens with zero attached hydrogens (tertiary/aromatic N) is 1. The van der Waals surface area contributed by atoms with Gasteiger partial charge in [0.25, 0.3) is 0 Å². The summed E-state index contributed by atoms with van der Waals surface area (Å²) in [6, 6.07) is 10.9. The first-order chi connectivity index (χ1) is 32.0. The molecule has 1 aliphatic heterocycles. The summed E-state index contributed by atoms with van der Waals surface area (Å²) in [5, 5.41) is 38.7. The topological polar surface area (TPSA) is 363 Å². The van der Waals surface area contributed by atoms with Gasteiger partial charge in [-0.1, -0.05) is 48.5 Å². The number of hydrogen-bond donors (Lipinski definition) is 9. The summed E-state index contributed by atoms with van der Waals surface area (Å²) in [5.41, 5.74) is 20.1. The minimum absolute atomic E-state index is 0.0454. The number of carboxylic acid groups (broad SMARTS) is 2. The molecular weight excluding hydrogens is 893 g/mol. The molecule has 0 spiro atoms. The SMILES string of the molecule is N#C/C(C(=O)[C@H](CCC(=O)O)NC(=O)[C@H](CC(N)=O)NC(=O)[C@H](CCCCN)NC(=O)[C@H](CCC(=O)O)NC(=O)OCC1c2ccccc2-c2ccccc21)=S1\CCC(CCOCC(N)=O)C1. The Hall–Kier alpha value is -6.70. The molecule has 2 aromatic carbocycles. The van der Waals surface area contributed by atoms with E-state index in [9.17, 15) is 58.6 Å². The summed E-state index contributed by atoms with van der Waals surface area (Å²) in [4.78, 5) is 115. The van der Waals surface area contributed by atoms with Gasteiger partial charge in [-0.05, 0) is 91.2 Å². The Balaban J connectivity index is 1.48. The normalized spacial score (nSPS) is 16.9. The predicted octanol–water partition coefficient (Wildman–Crippen LogP) is 0.528. The van der Waals surface area contributed by atoms with E-state index in [0.717, 1.165) is 22.3 Å². The first-order valence-corrected chi connectivity index (χ1v) is 23.4. The van der Waals surface area contributed by atoms with E-state index in [4.69, 9.17) is 26.7 Å². The zero-order chi connectivity index (χ0) is 49.0. The molecule has 1 fully saturated rings. The number of amides is 6. The summed E-state index contributed by atoms with van der Waals surface area (Å²) in [5.74, 6) is -7.56. The van der Waals surface area contributed by atoms with Crippen LogP contribution in [0.2, 0.25) is 0 Å². The number of nitriles is 1. The molecule has 0 bridgehead atoms. The van der Waals surface area contributed by atoms with Crippen LogP contribution in [0.5, 0.6) is 0 Å². The Morgan fingerprint density at radius 1 is 0.746 bits per heavy atom. The fourth-order valence-electron chi connectivity index (χ4n) is 7.86. The van der Waals surface area contributed by atoms with Crippen molar-refractivity contribution in [3.8, 4) is 17.2 Å². The molecule has 0 aromatic heterocycles. The average Bonchev–Trinajstić information content (AvgIpc) is 3.88. The van der Waals surface area contributed by atoms with E-state index < -0.39 is 120 Å². The first kappa shape index (κ1) is 52.9. The van der Waals surface area contributed by atoms with Gasteiger partial charge in [-0.3, -0.25) is 38.4 Å². The lowest BCUT2D eigenvalue weighted by molar-refractivity contribution is -0.139. The largest absolute Gasteiger partial charge is 0.481 e. The van der Waals surface area contributed by atoms with E-state index in [1.165, 1.54) is 0 Å². The zero-order valence-corrected chi connectivity index (χ0v) is 37.7. The van der Waals surface area contributed by atoms with Gasteiger partial charge < -0.3 is 58.2 Å². The molecule has 1 saturated heterocycles. The fraction of sp³-hybridized carbons (Fsp3) is 0.489. The van der Waals surface area contributed by atoms with Crippen LogP contribution in [0.4, 0.5) is 4.79 Å². The summed E-state index contributed by atoms with van der Waals surface area (Å²) < 4.78 is 10.8. The summed E-state index contributed by atoms with van der Waals surface area (Å²) in [6.45, 7) is 0.0696. The quantitative estimate of drug-likeness (QED) is 0.0415. The fourth-order valence-corrected chi connectivity index (χ4v) is 10.5. The maximum absolute atomic E-state index is 13.9. The third kappa shape index (κ3) is 16.3. The number of carbonyl (C=O) groups is 9. The van der Waals surface area contributed by atoms with Crippen molar-refractivity contribution in [1.82, 2.24) is 21.3 Å². The second-order valence-electron chi connectivity index (χ2n) is 16.2. The Bertz CT molecular complexity index is 2200. The maximum atomic E-state index is 13.9. The van der Waals surface area contributed by atoms with Crippen LogP contribution >= 0.6 is 10.5 Å². The summed E-state index contributed by atoms with van der Waals surface area (Å²) in [7, 11) is -0.864. The van der Waals surface area contributed by atoms with Crippen LogP contribution in [0.25, 0.3) is 11.1 Å². The lowest BCUT2D eigenvalue weighted by atomic mass is 9.98. The summed E-state index contributed by atoms with van der Waals surface area (Å²) in [6.07, 6.45) is -2.10. The van der Waals surface area contributed by atoms with Crippen LogP contribution in [0.15, 0.2) is 48.5 Å². The number of ether oxygens (including phenoxy) is 2. The standard InChI is InChI=1S/C45H58N8O13S/c46-18-6-5-11-33(51-43(62)34(13-15-40(58)59)53-45(64)66-23-31-29-9-3-1-7-27(29)28-8-2-4-10-30(28)31)42(61)52-35(21-37(48)54)44(63)50-32(12-14-39(56)57)41(60)36(22-47)67-20-17-26(25-67)16-19-65-24-38(49)55/h1-4,7-10,26,31-35H,5-6,11-21,23-25,46H2,(H2,48,54)(H2,49,55)(H,50,63)(H,51,62)(H,52,61)(H,53,64)(H,56,57)(H,58,59)/t26?,32-,33-,34-,35-,67?/m0/s1. The molecule has 6 amide bonds. The molecule has 0 radical (unpaired) electrons. The number of hydrogen-bond acceptors (Lipinski definition) is 13. The van der Waals surface area contributed by atoms with Gasteiger partial charge in [0.1, 0.15) is 42.3 Å². The molecule has 0 saturated carbocycles. The number of rotatable bonds is 28. The molecular formula is C45H58N8O13S. The Morgan fingerprint density at radius 2 is 1.30 bits per heavy atom. The number of nitrogens with one attached hydrogen (secondary N) is 4. The number of primary amides is 2. The molecule has 21 nitrogen and oxygen atoms in total. The highest BCUT2D eigenvalue weighted by Crippen LogP contribution is 2.44. The molecule has 6 atom stereocenters. The highest BCUT2D eigenvalue weighted by atomic mass is 32.2. The van der Waals surface area contributed by atoms with Crippen LogP contribution in [0.3, 0.4) is 0 Å². The minimum atomic E-state index is -1.76. The zero-order valence-electron chi connectivity index (χ0n) is 36.9. The van der Waals surface area contributed by atoms with E-state index in [-0.39, 0.29) is 55.9 Å². The van der Waals surface area contributed by atoms with Gasteiger partial charge in [0.2, 0.25) is 35.3 Å². The Morgan fingerprint density at radius 3 is 1.87 bits per heavy atom.